The van der Waals surface area contributed by atoms with Gasteiger partial charge in [0.2, 0.25) is 0 Å². The molecule has 0 amide bonds. The van der Waals surface area contributed by atoms with Crippen molar-refractivity contribution >= 4 is 23.2 Å². The van der Waals surface area contributed by atoms with Crippen LogP contribution >= 0.6 is 23.2 Å². The van der Waals surface area contributed by atoms with Crippen LogP contribution in [0, 0.1) is 0 Å². The summed E-state index contributed by atoms with van der Waals surface area (Å²) in [7, 11) is 1.63. The summed E-state index contributed by atoms with van der Waals surface area (Å²) in [6.07, 6.45) is 0. The van der Waals surface area contributed by atoms with Crippen LogP contribution in [-0.4, -0.2) is 17.1 Å². The molecule has 0 spiro atoms. The molecule has 3 nitrogen and oxygen atoms in total. The molecule has 2 aromatic carbocycles. The number of nitrogens with zero attached hydrogens (tertiary/aromatic N) is 2. The monoisotopic (exact) mass is 330 g/mol. The summed E-state index contributed by atoms with van der Waals surface area (Å²) >= 11 is 12.1. The second-order valence-corrected chi connectivity index (χ2v) is 5.46. The van der Waals surface area contributed by atoms with E-state index in [0.717, 1.165) is 22.6 Å². The van der Waals surface area contributed by atoms with Gasteiger partial charge >= 0.3 is 0 Å². The Morgan fingerprint density at radius 2 is 1.45 bits per heavy atom. The third-order valence-corrected chi connectivity index (χ3v) is 3.63. The predicted molar refractivity (Wildman–Crippen MR) is 89.5 cm³/mol. The molecule has 0 aliphatic carbocycles. The van der Waals surface area contributed by atoms with Crippen LogP contribution in [0.5, 0.6) is 5.75 Å². The van der Waals surface area contributed by atoms with Gasteiger partial charge in [0, 0.05) is 22.2 Å². The molecule has 22 heavy (non-hydrogen) atoms. The molecule has 3 aromatic rings. The molecule has 0 bridgehead atoms. The lowest BCUT2D eigenvalue weighted by molar-refractivity contribution is 0.415. The van der Waals surface area contributed by atoms with Gasteiger partial charge in [-0.25, -0.2) is 9.97 Å². The second kappa shape index (κ2) is 6.34. The Morgan fingerprint density at radius 1 is 0.818 bits per heavy atom. The average molecular weight is 331 g/mol. The number of ether oxygens (including phenoxy) is 1. The summed E-state index contributed by atoms with van der Waals surface area (Å²) < 4.78 is 5.15. The van der Waals surface area contributed by atoms with Crippen molar-refractivity contribution in [3.63, 3.8) is 0 Å². The fraction of sp³-hybridized carbons (Fsp3) is 0.0588. The molecular formula is C17H12Cl2N2O. The Bertz CT molecular complexity index is 787. The van der Waals surface area contributed by atoms with Gasteiger partial charge in [-0.15, -0.1) is 0 Å². The van der Waals surface area contributed by atoms with Crippen LogP contribution in [0.15, 0.2) is 54.6 Å². The topological polar surface area (TPSA) is 35.0 Å². The zero-order valence-electron chi connectivity index (χ0n) is 11.8. The predicted octanol–water partition coefficient (Wildman–Crippen LogP) is 5.13. The molecular weight excluding hydrogens is 319 g/mol. The smallest absolute Gasteiger partial charge is 0.161 e. The van der Waals surface area contributed by atoms with E-state index in [-0.39, 0.29) is 0 Å². The number of methoxy groups -OCH3 is 1. The van der Waals surface area contributed by atoms with Gasteiger partial charge in [0.05, 0.1) is 12.8 Å². The Hall–Kier alpha value is -2.10. The highest BCUT2D eigenvalue weighted by atomic mass is 35.5. The Kier molecular flexibility index (Phi) is 4.27. The van der Waals surface area contributed by atoms with Gasteiger partial charge < -0.3 is 4.74 Å². The number of benzene rings is 2. The highest BCUT2D eigenvalue weighted by molar-refractivity contribution is 6.30. The van der Waals surface area contributed by atoms with E-state index in [9.17, 15) is 0 Å². The SMILES string of the molecule is COc1ccc(-c2nc(Cl)cc(-c3ccc(Cl)cc3)n2)cc1. The molecule has 0 saturated heterocycles. The first-order valence-corrected chi connectivity index (χ1v) is 7.36. The molecule has 0 saturated carbocycles. The molecule has 0 unspecified atom stereocenters. The minimum Gasteiger partial charge on any atom is -0.497 e. The van der Waals surface area contributed by atoms with E-state index in [1.54, 1.807) is 13.2 Å². The van der Waals surface area contributed by atoms with Gasteiger partial charge in [0.25, 0.3) is 0 Å². The van der Waals surface area contributed by atoms with E-state index in [2.05, 4.69) is 9.97 Å². The van der Waals surface area contributed by atoms with Crippen molar-refractivity contribution < 1.29 is 4.74 Å². The lowest BCUT2D eigenvalue weighted by Gasteiger charge is -2.06. The molecule has 3 rings (SSSR count). The minimum absolute atomic E-state index is 0.394. The number of rotatable bonds is 3. The van der Waals surface area contributed by atoms with Crippen LogP contribution < -0.4 is 4.74 Å². The van der Waals surface area contributed by atoms with Crippen molar-refractivity contribution in [2.45, 2.75) is 0 Å². The normalized spacial score (nSPS) is 10.5. The van der Waals surface area contributed by atoms with E-state index in [0.29, 0.717) is 16.0 Å². The second-order valence-electron chi connectivity index (χ2n) is 4.63. The zero-order valence-corrected chi connectivity index (χ0v) is 13.3. The summed E-state index contributed by atoms with van der Waals surface area (Å²) in [5.41, 5.74) is 2.56. The van der Waals surface area contributed by atoms with Gasteiger partial charge in [0.15, 0.2) is 5.82 Å². The van der Waals surface area contributed by atoms with Crippen LogP contribution in [-0.2, 0) is 0 Å². The van der Waals surface area contributed by atoms with E-state index >= 15 is 0 Å². The van der Waals surface area contributed by atoms with Crippen LogP contribution in [0.2, 0.25) is 10.2 Å². The maximum atomic E-state index is 6.14. The molecule has 0 N–H and O–H groups in total. The Labute approximate surface area is 138 Å². The molecule has 1 aromatic heterocycles. The number of aromatic nitrogens is 2. The Balaban J connectivity index is 2.03. The van der Waals surface area contributed by atoms with Crippen molar-refractivity contribution in [3.05, 3.63) is 64.8 Å². The average Bonchev–Trinajstić information content (AvgIpc) is 2.55. The van der Waals surface area contributed by atoms with E-state index < -0.39 is 0 Å². The molecule has 0 atom stereocenters. The molecule has 1 heterocycles. The summed E-state index contributed by atoms with van der Waals surface area (Å²) in [6, 6.07) is 16.7. The van der Waals surface area contributed by atoms with Crippen molar-refractivity contribution in [1.29, 1.82) is 0 Å². The first kappa shape index (κ1) is 14.8. The van der Waals surface area contributed by atoms with Crippen molar-refractivity contribution in [2.75, 3.05) is 7.11 Å². The van der Waals surface area contributed by atoms with Crippen LogP contribution in [0.3, 0.4) is 0 Å². The van der Waals surface area contributed by atoms with Gasteiger partial charge in [0.1, 0.15) is 10.9 Å². The fourth-order valence-corrected chi connectivity index (χ4v) is 2.36. The minimum atomic E-state index is 0.394. The molecule has 0 fully saturated rings. The highest BCUT2D eigenvalue weighted by Crippen LogP contribution is 2.26. The fourth-order valence-electron chi connectivity index (χ4n) is 2.06. The van der Waals surface area contributed by atoms with Gasteiger partial charge in [-0.2, -0.15) is 0 Å². The quantitative estimate of drug-likeness (QED) is 0.624. The van der Waals surface area contributed by atoms with E-state index in [1.807, 2.05) is 48.5 Å². The molecule has 110 valence electrons. The molecule has 5 heteroatoms. The summed E-state index contributed by atoms with van der Waals surface area (Å²) in [6.45, 7) is 0. The third-order valence-electron chi connectivity index (χ3n) is 3.18. The van der Waals surface area contributed by atoms with Crippen LogP contribution in [0.25, 0.3) is 22.6 Å². The number of hydrogen-bond acceptors (Lipinski definition) is 3. The lowest BCUT2D eigenvalue weighted by atomic mass is 10.1. The molecule has 0 radical (unpaired) electrons. The van der Waals surface area contributed by atoms with Gasteiger partial charge in [-0.05, 0) is 36.4 Å². The van der Waals surface area contributed by atoms with Crippen molar-refractivity contribution in [1.82, 2.24) is 9.97 Å². The van der Waals surface area contributed by atoms with Gasteiger partial charge in [-0.1, -0.05) is 35.3 Å². The molecule has 0 aliphatic rings. The summed E-state index contributed by atoms with van der Waals surface area (Å²) in [5.74, 6) is 1.35. The Morgan fingerprint density at radius 3 is 2.09 bits per heavy atom. The van der Waals surface area contributed by atoms with Crippen LogP contribution in [0.4, 0.5) is 0 Å². The lowest BCUT2D eigenvalue weighted by Crippen LogP contribution is -1.93. The maximum absolute atomic E-state index is 6.14. The third kappa shape index (κ3) is 3.21. The van der Waals surface area contributed by atoms with Crippen molar-refractivity contribution in [3.8, 4) is 28.4 Å². The zero-order chi connectivity index (χ0) is 15.5. The largest absolute Gasteiger partial charge is 0.497 e. The first-order chi connectivity index (χ1) is 10.7. The summed E-state index contributed by atoms with van der Waals surface area (Å²) in [4.78, 5) is 8.87. The standard InChI is InChI=1S/C17H12Cl2N2O/c1-22-14-8-4-12(5-9-14)17-20-15(10-16(19)21-17)11-2-6-13(18)7-3-11/h2-10H,1H3. The summed E-state index contributed by atoms with van der Waals surface area (Å²) in [5, 5.41) is 1.07. The van der Waals surface area contributed by atoms with Crippen molar-refractivity contribution in [2.24, 2.45) is 0 Å². The molecule has 0 aliphatic heterocycles. The number of halogens is 2. The first-order valence-electron chi connectivity index (χ1n) is 6.60. The van der Waals surface area contributed by atoms with Gasteiger partial charge in [-0.3, -0.25) is 0 Å². The maximum Gasteiger partial charge on any atom is 0.161 e. The number of hydrogen-bond donors (Lipinski definition) is 0. The van der Waals surface area contributed by atoms with E-state index in [1.165, 1.54) is 0 Å². The van der Waals surface area contributed by atoms with Crippen LogP contribution in [0.1, 0.15) is 0 Å². The highest BCUT2D eigenvalue weighted by Gasteiger charge is 2.08. The van der Waals surface area contributed by atoms with E-state index in [4.69, 9.17) is 27.9 Å².